The number of aryl methyl sites for hydroxylation is 1. The highest BCUT2D eigenvalue weighted by Gasteiger charge is 2.13. The standard InChI is InChI=1S/C13H20N2O3S/c1-4-15(19(3,17)18)8-7-14-13-6-5-12(10-16)11(2)9-13/h5-6,9-10,14H,4,7-8H2,1-3H3. The van der Waals surface area contributed by atoms with Crippen LogP contribution in [0, 0.1) is 6.92 Å². The zero-order valence-electron chi connectivity index (χ0n) is 11.5. The Morgan fingerprint density at radius 2 is 2.05 bits per heavy atom. The highest BCUT2D eigenvalue weighted by Crippen LogP contribution is 2.13. The van der Waals surface area contributed by atoms with E-state index in [4.69, 9.17) is 0 Å². The lowest BCUT2D eigenvalue weighted by molar-refractivity contribution is 0.112. The third kappa shape index (κ3) is 4.65. The molecule has 0 spiro atoms. The Labute approximate surface area is 114 Å². The SMILES string of the molecule is CCN(CCNc1ccc(C=O)c(C)c1)S(C)(=O)=O. The Hall–Kier alpha value is -1.40. The number of rotatable bonds is 7. The molecule has 0 aliphatic carbocycles. The molecular weight excluding hydrogens is 264 g/mol. The minimum absolute atomic E-state index is 0.420. The van der Waals surface area contributed by atoms with Gasteiger partial charge < -0.3 is 5.32 Å². The molecule has 0 unspecified atom stereocenters. The minimum atomic E-state index is -3.14. The number of likely N-dealkylation sites (N-methyl/N-ethyl adjacent to an activating group) is 1. The summed E-state index contributed by atoms with van der Waals surface area (Å²) in [6.45, 7) is 5.09. The molecular formula is C13H20N2O3S. The molecule has 1 rings (SSSR count). The zero-order chi connectivity index (χ0) is 14.5. The zero-order valence-corrected chi connectivity index (χ0v) is 12.3. The van der Waals surface area contributed by atoms with E-state index >= 15 is 0 Å². The Bertz CT molecular complexity index is 541. The van der Waals surface area contributed by atoms with Gasteiger partial charge in [0.25, 0.3) is 0 Å². The molecule has 0 aliphatic heterocycles. The molecule has 0 amide bonds. The number of anilines is 1. The first-order valence-corrected chi connectivity index (χ1v) is 7.98. The number of aldehydes is 1. The number of sulfonamides is 1. The van der Waals surface area contributed by atoms with Crippen LogP contribution in [0.2, 0.25) is 0 Å². The van der Waals surface area contributed by atoms with Gasteiger partial charge in [-0.1, -0.05) is 6.92 Å². The van der Waals surface area contributed by atoms with E-state index in [0.717, 1.165) is 17.5 Å². The van der Waals surface area contributed by atoms with E-state index in [1.165, 1.54) is 10.6 Å². The van der Waals surface area contributed by atoms with Gasteiger partial charge in [0.05, 0.1) is 6.26 Å². The Balaban J connectivity index is 2.58. The van der Waals surface area contributed by atoms with Gasteiger partial charge in [0.2, 0.25) is 10.0 Å². The van der Waals surface area contributed by atoms with E-state index in [9.17, 15) is 13.2 Å². The van der Waals surface area contributed by atoms with Crippen molar-refractivity contribution < 1.29 is 13.2 Å². The summed E-state index contributed by atoms with van der Waals surface area (Å²) in [7, 11) is -3.14. The normalized spacial score (nSPS) is 11.6. The maximum Gasteiger partial charge on any atom is 0.211 e. The average Bonchev–Trinajstić information content (AvgIpc) is 2.33. The quantitative estimate of drug-likeness (QED) is 0.771. The molecule has 1 N–H and O–H groups in total. The highest BCUT2D eigenvalue weighted by molar-refractivity contribution is 7.88. The van der Waals surface area contributed by atoms with E-state index in [-0.39, 0.29) is 0 Å². The molecule has 19 heavy (non-hydrogen) atoms. The first-order chi connectivity index (χ1) is 8.88. The van der Waals surface area contributed by atoms with Gasteiger partial charge in [-0.05, 0) is 30.7 Å². The predicted molar refractivity (Wildman–Crippen MR) is 77.1 cm³/mol. The second-order valence-electron chi connectivity index (χ2n) is 4.37. The van der Waals surface area contributed by atoms with Gasteiger partial charge in [-0.3, -0.25) is 4.79 Å². The molecule has 6 heteroatoms. The van der Waals surface area contributed by atoms with Crippen LogP contribution in [0.5, 0.6) is 0 Å². The van der Waals surface area contributed by atoms with Gasteiger partial charge in [0.1, 0.15) is 6.29 Å². The van der Waals surface area contributed by atoms with Gasteiger partial charge in [-0.25, -0.2) is 12.7 Å². The van der Waals surface area contributed by atoms with Crippen LogP contribution in [0.25, 0.3) is 0 Å². The fourth-order valence-corrected chi connectivity index (χ4v) is 2.69. The molecule has 0 fully saturated rings. The van der Waals surface area contributed by atoms with Crippen LogP contribution in [0.1, 0.15) is 22.8 Å². The summed E-state index contributed by atoms with van der Waals surface area (Å²) in [6, 6.07) is 5.44. The number of hydrogen-bond acceptors (Lipinski definition) is 4. The third-order valence-corrected chi connectivity index (χ3v) is 4.29. The van der Waals surface area contributed by atoms with Crippen molar-refractivity contribution in [3.8, 4) is 0 Å². The van der Waals surface area contributed by atoms with Crippen LogP contribution < -0.4 is 5.32 Å². The van der Waals surface area contributed by atoms with Crippen LogP contribution in [0.3, 0.4) is 0 Å². The molecule has 0 saturated carbocycles. The van der Waals surface area contributed by atoms with Crippen molar-refractivity contribution in [3.05, 3.63) is 29.3 Å². The van der Waals surface area contributed by atoms with Crippen LogP contribution in [-0.2, 0) is 10.0 Å². The van der Waals surface area contributed by atoms with Crippen molar-refractivity contribution in [3.63, 3.8) is 0 Å². The largest absolute Gasteiger partial charge is 0.384 e. The molecule has 106 valence electrons. The number of hydrogen-bond donors (Lipinski definition) is 1. The Morgan fingerprint density at radius 1 is 1.37 bits per heavy atom. The van der Waals surface area contributed by atoms with Gasteiger partial charge in [-0.2, -0.15) is 0 Å². The smallest absolute Gasteiger partial charge is 0.211 e. The van der Waals surface area contributed by atoms with Crippen LogP contribution in [-0.4, -0.2) is 44.9 Å². The first-order valence-electron chi connectivity index (χ1n) is 6.13. The molecule has 0 atom stereocenters. The second kappa shape index (κ2) is 6.68. The van der Waals surface area contributed by atoms with Gasteiger partial charge in [0, 0.05) is 30.9 Å². The summed E-state index contributed by atoms with van der Waals surface area (Å²) in [4.78, 5) is 10.7. The fraction of sp³-hybridized carbons (Fsp3) is 0.462. The Kier molecular flexibility index (Phi) is 5.50. The lowest BCUT2D eigenvalue weighted by atomic mass is 10.1. The van der Waals surface area contributed by atoms with E-state index in [1.807, 2.05) is 26.0 Å². The average molecular weight is 284 g/mol. The van der Waals surface area contributed by atoms with Gasteiger partial charge in [-0.15, -0.1) is 0 Å². The maximum atomic E-state index is 11.4. The number of carbonyl (C=O) groups excluding carboxylic acids is 1. The minimum Gasteiger partial charge on any atom is -0.384 e. The van der Waals surface area contributed by atoms with Crippen molar-refractivity contribution in [2.45, 2.75) is 13.8 Å². The topological polar surface area (TPSA) is 66.5 Å². The summed E-state index contributed by atoms with van der Waals surface area (Å²) in [6.07, 6.45) is 2.03. The van der Waals surface area contributed by atoms with Crippen molar-refractivity contribution >= 4 is 22.0 Å². The van der Waals surface area contributed by atoms with E-state index < -0.39 is 10.0 Å². The number of benzene rings is 1. The van der Waals surface area contributed by atoms with E-state index in [2.05, 4.69) is 5.32 Å². The summed E-state index contributed by atoms with van der Waals surface area (Å²) < 4.78 is 24.2. The number of carbonyl (C=O) groups is 1. The molecule has 0 aromatic heterocycles. The molecule has 0 aliphatic rings. The van der Waals surface area contributed by atoms with Crippen molar-refractivity contribution in [1.82, 2.24) is 4.31 Å². The molecule has 0 heterocycles. The summed E-state index contributed by atoms with van der Waals surface area (Å²) in [5, 5.41) is 3.15. The lowest BCUT2D eigenvalue weighted by Crippen LogP contribution is -2.33. The molecule has 0 bridgehead atoms. The lowest BCUT2D eigenvalue weighted by Gasteiger charge is -2.18. The van der Waals surface area contributed by atoms with Crippen LogP contribution in [0.15, 0.2) is 18.2 Å². The second-order valence-corrected chi connectivity index (χ2v) is 6.35. The summed E-state index contributed by atoms with van der Waals surface area (Å²) in [5.74, 6) is 0. The van der Waals surface area contributed by atoms with Gasteiger partial charge in [0.15, 0.2) is 0 Å². The monoisotopic (exact) mass is 284 g/mol. The van der Waals surface area contributed by atoms with Crippen LogP contribution >= 0.6 is 0 Å². The summed E-state index contributed by atoms with van der Waals surface area (Å²) in [5.41, 5.74) is 2.44. The van der Waals surface area contributed by atoms with Crippen molar-refractivity contribution in [2.24, 2.45) is 0 Å². The highest BCUT2D eigenvalue weighted by atomic mass is 32.2. The van der Waals surface area contributed by atoms with E-state index in [1.54, 1.807) is 6.07 Å². The first kappa shape index (κ1) is 15.7. The molecule has 5 nitrogen and oxygen atoms in total. The maximum absolute atomic E-state index is 11.4. The predicted octanol–water partition coefficient (Wildman–Crippen LogP) is 1.50. The van der Waals surface area contributed by atoms with Gasteiger partial charge >= 0.3 is 0 Å². The third-order valence-electron chi connectivity index (χ3n) is 2.91. The molecule has 0 radical (unpaired) electrons. The number of nitrogens with one attached hydrogen (secondary N) is 1. The molecule has 1 aromatic carbocycles. The van der Waals surface area contributed by atoms with E-state index in [0.29, 0.717) is 25.2 Å². The molecule has 0 saturated heterocycles. The molecule has 1 aromatic rings. The fourth-order valence-electron chi connectivity index (χ4n) is 1.80. The summed E-state index contributed by atoms with van der Waals surface area (Å²) >= 11 is 0. The van der Waals surface area contributed by atoms with Crippen molar-refractivity contribution in [2.75, 3.05) is 31.2 Å². The number of nitrogens with zero attached hydrogens (tertiary/aromatic N) is 1. The van der Waals surface area contributed by atoms with Crippen LogP contribution in [0.4, 0.5) is 5.69 Å². The Morgan fingerprint density at radius 3 is 2.53 bits per heavy atom. The van der Waals surface area contributed by atoms with Crippen molar-refractivity contribution in [1.29, 1.82) is 0 Å².